The maximum absolute atomic E-state index is 14.5. The number of hydrogen-bond donors (Lipinski definition) is 1. The average Bonchev–Trinajstić information content (AvgIpc) is 2.89. The van der Waals surface area contributed by atoms with Crippen LogP contribution >= 0.6 is 15.9 Å². The van der Waals surface area contributed by atoms with E-state index >= 15 is 0 Å². The van der Waals surface area contributed by atoms with Crippen LogP contribution in [0.15, 0.2) is 52.5 Å². The fourth-order valence-corrected chi connectivity index (χ4v) is 3.57. The molecule has 0 radical (unpaired) electrons. The van der Waals surface area contributed by atoms with Gasteiger partial charge in [0.05, 0.1) is 11.6 Å². The van der Waals surface area contributed by atoms with Gasteiger partial charge < -0.3 is 10.0 Å². The van der Waals surface area contributed by atoms with Crippen LogP contribution in [0.25, 0.3) is 5.76 Å². The van der Waals surface area contributed by atoms with Crippen LogP contribution in [0.4, 0.5) is 4.39 Å². The molecule has 0 saturated carbocycles. The number of aliphatic hydroxyl groups excluding tert-OH is 1. The molecule has 1 aliphatic rings. The lowest BCUT2D eigenvalue weighted by molar-refractivity contribution is -0.139. The number of likely N-dealkylation sites (tertiary alicyclic amines) is 1. The van der Waals surface area contributed by atoms with E-state index in [9.17, 15) is 19.1 Å². The Morgan fingerprint density at radius 3 is 2.56 bits per heavy atom. The van der Waals surface area contributed by atoms with Crippen LogP contribution in [0.2, 0.25) is 0 Å². The molecule has 2 aromatic carbocycles. The molecule has 140 valence electrons. The summed E-state index contributed by atoms with van der Waals surface area (Å²) in [6.07, 6.45) is 0.607. The second-order valence-electron chi connectivity index (χ2n) is 6.48. The first-order valence-corrected chi connectivity index (χ1v) is 9.45. The van der Waals surface area contributed by atoms with E-state index in [1.54, 1.807) is 30.3 Å². The normalized spacial score (nSPS) is 19.0. The van der Waals surface area contributed by atoms with Gasteiger partial charge in [-0.05, 0) is 37.1 Å². The summed E-state index contributed by atoms with van der Waals surface area (Å²) in [5, 5.41) is 10.9. The minimum atomic E-state index is -0.949. The summed E-state index contributed by atoms with van der Waals surface area (Å²) < 4.78 is 15.4. The SMILES string of the molecule is CCCN1C(=O)C(=O)/C(=C(/O)c2ccc(Br)c(C)c2)C1c1ccccc1F. The molecule has 3 rings (SSSR count). The van der Waals surface area contributed by atoms with Gasteiger partial charge in [0.1, 0.15) is 11.6 Å². The van der Waals surface area contributed by atoms with E-state index in [-0.39, 0.29) is 16.9 Å². The van der Waals surface area contributed by atoms with Gasteiger partial charge in [0.15, 0.2) is 0 Å². The Balaban J connectivity index is 2.23. The number of hydrogen-bond acceptors (Lipinski definition) is 3. The molecule has 1 fully saturated rings. The van der Waals surface area contributed by atoms with Crippen LogP contribution in [0.3, 0.4) is 0 Å². The number of rotatable bonds is 4. The monoisotopic (exact) mass is 431 g/mol. The van der Waals surface area contributed by atoms with E-state index in [0.29, 0.717) is 18.5 Å². The fraction of sp³-hybridized carbons (Fsp3) is 0.238. The molecular formula is C21H19BrFNO3. The first-order chi connectivity index (χ1) is 12.9. The molecule has 1 amide bonds. The molecule has 0 aromatic heterocycles. The molecule has 4 nitrogen and oxygen atoms in total. The Morgan fingerprint density at radius 2 is 1.93 bits per heavy atom. The zero-order chi connectivity index (χ0) is 19.7. The minimum absolute atomic E-state index is 0.0831. The first-order valence-electron chi connectivity index (χ1n) is 8.66. The van der Waals surface area contributed by atoms with E-state index in [4.69, 9.17) is 0 Å². The van der Waals surface area contributed by atoms with Crippen molar-refractivity contribution in [2.45, 2.75) is 26.3 Å². The summed E-state index contributed by atoms with van der Waals surface area (Å²) in [5.74, 6) is -2.34. The van der Waals surface area contributed by atoms with E-state index in [0.717, 1.165) is 10.0 Å². The van der Waals surface area contributed by atoms with Crippen molar-refractivity contribution < 1.29 is 19.1 Å². The Labute approximate surface area is 165 Å². The van der Waals surface area contributed by atoms with Gasteiger partial charge in [-0.3, -0.25) is 9.59 Å². The van der Waals surface area contributed by atoms with Crippen molar-refractivity contribution in [2.24, 2.45) is 0 Å². The molecular weight excluding hydrogens is 413 g/mol. The van der Waals surface area contributed by atoms with Crippen LogP contribution in [-0.2, 0) is 9.59 Å². The number of ketones is 1. The third-order valence-corrected chi connectivity index (χ3v) is 5.53. The van der Waals surface area contributed by atoms with Crippen molar-refractivity contribution in [1.82, 2.24) is 4.90 Å². The lowest BCUT2D eigenvalue weighted by Crippen LogP contribution is -2.30. The van der Waals surface area contributed by atoms with E-state index < -0.39 is 23.5 Å². The van der Waals surface area contributed by atoms with Crippen LogP contribution in [0.1, 0.15) is 36.1 Å². The number of carbonyl (C=O) groups excluding carboxylic acids is 2. The van der Waals surface area contributed by atoms with Gasteiger partial charge in [-0.1, -0.05) is 47.1 Å². The standard InChI is InChI=1S/C21H19BrFNO3/c1-3-10-24-18(14-6-4-5-7-16(14)23)17(20(26)21(24)27)19(25)13-8-9-15(22)12(2)11-13/h4-9,11,18,25H,3,10H2,1-2H3/b19-17+. The summed E-state index contributed by atoms with van der Waals surface area (Å²) in [6, 6.07) is 10.2. The second kappa shape index (κ2) is 7.64. The Morgan fingerprint density at radius 1 is 1.22 bits per heavy atom. The minimum Gasteiger partial charge on any atom is -0.507 e. The Bertz CT molecular complexity index is 954. The second-order valence-corrected chi connectivity index (χ2v) is 7.33. The van der Waals surface area contributed by atoms with Gasteiger partial charge in [-0.2, -0.15) is 0 Å². The number of carbonyl (C=O) groups is 2. The van der Waals surface area contributed by atoms with Crippen molar-refractivity contribution in [3.63, 3.8) is 0 Å². The number of halogens is 2. The van der Waals surface area contributed by atoms with E-state index in [2.05, 4.69) is 15.9 Å². The molecule has 2 aromatic rings. The third-order valence-electron chi connectivity index (χ3n) is 4.64. The fourth-order valence-electron chi connectivity index (χ4n) is 3.32. The molecule has 0 spiro atoms. The highest BCUT2D eigenvalue weighted by molar-refractivity contribution is 9.10. The molecule has 0 bridgehead atoms. The number of nitrogens with zero attached hydrogens (tertiary/aromatic N) is 1. The Hall–Kier alpha value is -2.47. The lowest BCUT2D eigenvalue weighted by Gasteiger charge is -2.25. The van der Waals surface area contributed by atoms with Crippen molar-refractivity contribution in [1.29, 1.82) is 0 Å². The summed E-state index contributed by atoms with van der Waals surface area (Å²) in [4.78, 5) is 26.6. The largest absolute Gasteiger partial charge is 0.507 e. The smallest absolute Gasteiger partial charge is 0.295 e. The summed E-state index contributed by atoms with van der Waals surface area (Å²) in [5.41, 5.74) is 1.39. The number of Topliss-reactive ketones (excluding diaryl/α,β-unsaturated/α-hetero) is 1. The van der Waals surface area contributed by atoms with Crippen LogP contribution in [-0.4, -0.2) is 28.2 Å². The highest BCUT2D eigenvalue weighted by Gasteiger charge is 2.46. The summed E-state index contributed by atoms with van der Waals surface area (Å²) >= 11 is 3.40. The molecule has 1 heterocycles. The average molecular weight is 432 g/mol. The number of aryl methyl sites for hydroxylation is 1. The van der Waals surface area contributed by atoms with Crippen LogP contribution in [0, 0.1) is 12.7 Å². The van der Waals surface area contributed by atoms with Gasteiger partial charge in [0, 0.05) is 22.1 Å². The van der Waals surface area contributed by atoms with Gasteiger partial charge >= 0.3 is 0 Å². The predicted molar refractivity (Wildman–Crippen MR) is 105 cm³/mol. The topological polar surface area (TPSA) is 57.6 Å². The molecule has 1 saturated heterocycles. The van der Waals surface area contributed by atoms with Gasteiger partial charge in [0.2, 0.25) is 0 Å². The summed E-state index contributed by atoms with van der Waals surface area (Å²) in [6.45, 7) is 4.01. The van der Waals surface area contributed by atoms with Crippen molar-refractivity contribution in [3.05, 3.63) is 75.0 Å². The Kier molecular flexibility index (Phi) is 5.46. The van der Waals surface area contributed by atoms with E-state index in [1.165, 1.54) is 17.0 Å². The maximum atomic E-state index is 14.5. The van der Waals surface area contributed by atoms with Crippen molar-refractivity contribution >= 4 is 33.4 Å². The van der Waals surface area contributed by atoms with Gasteiger partial charge in [0.25, 0.3) is 11.7 Å². The lowest BCUT2D eigenvalue weighted by atomic mass is 9.94. The molecule has 0 aliphatic carbocycles. The third kappa shape index (κ3) is 3.41. The number of aliphatic hydroxyl groups is 1. The highest BCUT2D eigenvalue weighted by Crippen LogP contribution is 2.40. The first kappa shape index (κ1) is 19.3. The van der Waals surface area contributed by atoms with Crippen LogP contribution < -0.4 is 0 Å². The zero-order valence-electron chi connectivity index (χ0n) is 15.0. The molecule has 1 N–H and O–H groups in total. The van der Waals surface area contributed by atoms with Gasteiger partial charge in [-0.15, -0.1) is 0 Å². The van der Waals surface area contributed by atoms with Crippen LogP contribution in [0.5, 0.6) is 0 Å². The van der Waals surface area contributed by atoms with Gasteiger partial charge in [-0.25, -0.2) is 4.39 Å². The predicted octanol–water partition coefficient (Wildman–Crippen LogP) is 4.73. The maximum Gasteiger partial charge on any atom is 0.295 e. The quantitative estimate of drug-likeness (QED) is 0.432. The zero-order valence-corrected chi connectivity index (χ0v) is 16.6. The van der Waals surface area contributed by atoms with Crippen molar-refractivity contribution in [3.8, 4) is 0 Å². The molecule has 1 unspecified atom stereocenters. The highest BCUT2D eigenvalue weighted by atomic mass is 79.9. The molecule has 27 heavy (non-hydrogen) atoms. The molecule has 6 heteroatoms. The van der Waals surface area contributed by atoms with E-state index in [1.807, 2.05) is 13.8 Å². The van der Waals surface area contributed by atoms with Crippen molar-refractivity contribution in [2.75, 3.05) is 6.54 Å². The number of amides is 1. The summed E-state index contributed by atoms with van der Waals surface area (Å²) in [7, 11) is 0. The molecule has 1 atom stereocenters. The number of benzene rings is 2. The molecule has 1 aliphatic heterocycles.